The number of aromatic hydroxyl groups is 1. The molecule has 0 heterocycles. The highest BCUT2D eigenvalue weighted by molar-refractivity contribution is 6.37. The maximum absolute atomic E-state index is 11.1. The second kappa shape index (κ2) is 4.92. The van der Waals surface area contributed by atoms with E-state index in [1.807, 2.05) is 0 Å². The zero-order chi connectivity index (χ0) is 12.1. The molecule has 6 heteroatoms. The molecule has 0 unspecified atom stereocenters. The minimum atomic E-state index is -1.04. The van der Waals surface area contributed by atoms with Gasteiger partial charge < -0.3 is 15.2 Å². The number of carbonyl (C=O) groups is 2. The molecule has 0 saturated heterocycles. The van der Waals surface area contributed by atoms with Crippen LogP contribution in [0.15, 0.2) is 29.1 Å². The van der Waals surface area contributed by atoms with Gasteiger partial charge in [-0.15, -0.1) is 0 Å². The molecule has 16 heavy (non-hydrogen) atoms. The zero-order valence-electron chi connectivity index (χ0n) is 8.39. The Bertz CT molecular complexity index is 483. The summed E-state index contributed by atoms with van der Waals surface area (Å²) in [7, 11) is 1.08. The van der Waals surface area contributed by atoms with Crippen molar-refractivity contribution in [3.05, 3.63) is 34.5 Å². The molecule has 0 saturated carbocycles. The standard InChI is InChI=1S/C10H9NO5/c1-16-10(15)9(14)11-6-2-4-7(12)8(13)5-3-6/h2-5H,1H3,(H,11,14)(H,12,13). The predicted molar refractivity (Wildman–Crippen MR) is 55.0 cm³/mol. The summed E-state index contributed by atoms with van der Waals surface area (Å²) in [6.07, 6.45) is 0. The van der Waals surface area contributed by atoms with Gasteiger partial charge in [-0.2, -0.15) is 0 Å². The highest BCUT2D eigenvalue weighted by Gasteiger charge is 2.13. The number of ether oxygens (including phenoxy) is 1. The van der Waals surface area contributed by atoms with Crippen LogP contribution in [0.4, 0.5) is 5.69 Å². The van der Waals surface area contributed by atoms with Gasteiger partial charge in [0.2, 0.25) is 5.43 Å². The van der Waals surface area contributed by atoms with E-state index in [1.165, 1.54) is 12.1 Å². The predicted octanol–water partition coefficient (Wildman–Crippen LogP) is -0.136. The van der Waals surface area contributed by atoms with Crippen molar-refractivity contribution < 1.29 is 19.4 Å². The molecule has 1 aromatic rings. The molecule has 2 N–H and O–H groups in total. The monoisotopic (exact) mass is 223 g/mol. The Labute approximate surface area is 90.5 Å². The molecule has 0 aromatic heterocycles. The molecule has 84 valence electrons. The zero-order valence-corrected chi connectivity index (χ0v) is 8.39. The fraction of sp³-hybridized carbons (Fsp3) is 0.100. The molecule has 0 aliphatic heterocycles. The Morgan fingerprint density at radius 2 is 1.88 bits per heavy atom. The molecule has 0 aliphatic rings. The smallest absolute Gasteiger partial charge is 0.396 e. The van der Waals surface area contributed by atoms with Gasteiger partial charge in [0.05, 0.1) is 7.11 Å². The number of methoxy groups -OCH3 is 1. The molecule has 1 amide bonds. The maximum Gasteiger partial charge on any atom is 0.396 e. The van der Waals surface area contributed by atoms with Crippen LogP contribution in [0.1, 0.15) is 0 Å². The number of hydrogen-bond acceptors (Lipinski definition) is 5. The normalized spacial score (nSPS) is 9.31. The highest BCUT2D eigenvalue weighted by atomic mass is 16.5. The number of rotatable bonds is 1. The Hall–Kier alpha value is -2.37. The first-order chi connectivity index (χ1) is 7.54. The molecule has 0 fully saturated rings. The highest BCUT2D eigenvalue weighted by Crippen LogP contribution is 2.06. The van der Waals surface area contributed by atoms with Gasteiger partial charge in [0.1, 0.15) is 0 Å². The van der Waals surface area contributed by atoms with Gasteiger partial charge >= 0.3 is 11.9 Å². The molecular formula is C10H9NO5. The van der Waals surface area contributed by atoms with Gasteiger partial charge in [-0.25, -0.2) is 4.79 Å². The quantitative estimate of drug-likeness (QED) is 0.510. The van der Waals surface area contributed by atoms with E-state index in [4.69, 9.17) is 5.11 Å². The average Bonchev–Trinajstić information content (AvgIpc) is 2.43. The third kappa shape index (κ3) is 2.81. The number of nitrogens with one attached hydrogen (secondary N) is 1. The summed E-state index contributed by atoms with van der Waals surface area (Å²) >= 11 is 0. The van der Waals surface area contributed by atoms with Crippen molar-refractivity contribution in [1.82, 2.24) is 0 Å². The lowest BCUT2D eigenvalue weighted by molar-refractivity contribution is -0.150. The molecule has 0 bridgehead atoms. The fourth-order valence-corrected chi connectivity index (χ4v) is 0.915. The van der Waals surface area contributed by atoms with Gasteiger partial charge in [0.25, 0.3) is 0 Å². The Morgan fingerprint density at radius 3 is 2.50 bits per heavy atom. The van der Waals surface area contributed by atoms with E-state index in [9.17, 15) is 14.4 Å². The molecule has 1 aromatic carbocycles. The van der Waals surface area contributed by atoms with E-state index >= 15 is 0 Å². The summed E-state index contributed by atoms with van der Waals surface area (Å²) in [6.45, 7) is 0. The van der Waals surface area contributed by atoms with E-state index in [-0.39, 0.29) is 5.69 Å². The van der Waals surface area contributed by atoms with Crippen molar-refractivity contribution in [3.8, 4) is 5.75 Å². The van der Waals surface area contributed by atoms with Gasteiger partial charge in [0, 0.05) is 5.69 Å². The van der Waals surface area contributed by atoms with Gasteiger partial charge in [0.15, 0.2) is 5.75 Å². The van der Waals surface area contributed by atoms with E-state index in [2.05, 4.69) is 10.1 Å². The SMILES string of the molecule is COC(=O)C(=O)Nc1ccc(O)c(=O)cc1. The van der Waals surface area contributed by atoms with Crippen molar-refractivity contribution in [1.29, 1.82) is 0 Å². The lowest BCUT2D eigenvalue weighted by Crippen LogP contribution is -2.23. The number of hydrogen-bond donors (Lipinski definition) is 2. The van der Waals surface area contributed by atoms with Crippen molar-refractivity contribution in [2.24, 2.45) is 0 Å². The van der Waals surface area contributed by atoms with E-state index in [1.54, 1.807) is 0 Å². The summed E-state index contributed by atoms with van der Waals surface area (Å²) in [4.78, 5) is 32.9. The van der Waals surface area contributed by atoms with Crippen LogP contribution in [-0.2, 0) is 14.3 Å². The molecule has 0 aliphatic carbocycles. The minimum Gasteiger partial charge on any atom is -0.504 e. The van der Waals surface area contributed by atoms with Crippen LogP contribution in [0, 0.1) is 0 Å². The topological polar surface area (TPSA) is 92.7 Å². The Morgan fingerprint density at radius 1 is 1.25 bits per heavy atom. The second-order valence-corrected chi connectivity index (χ2v) is 2.82. The first kappa shape index (κ1) is 11.7. The Kier molecular flexibility index (Phi) is 3.60. The largest absolute Gasteiger partial charge is 0.504 e. The van der Waals surface area contributed by atoms with Crippen molar-refractivity contribution in [2.75, 3.05) is 12.4 Å². The van der Waals surface area contributed by atoms with Gasteiger partial charge in [-0.1, -0.05) is 0 Å². The van der Waals surface area contributed by atoms with Crippen LogP contribution in [0.3, 0.4) is 0 Å². The van der Waals surface area contributed by atoms with Gasteiger partial charge in [-0.3, -0.25) is 9.59 Å². The average molecular weight is 223 g/mol. The lowest BCUT2D eigenvalue weighted by atomic mass is 10.4. The minimum absolute atomic E-state index is 0.202. The van der Waals surface area contributed by atoms with Crippen LogP contribution >= 0.6 is 0 Å². The first-order valence-electron chi connectivity index (χ1n) is 4.27. The van der Waals surface area contributed by atoms with Crippen molar-refractivity contribution in [3.63, 3.8) is 0 Å². The molecule has 0 radical (unpaired) electrons. The summed E-state index contributed by atoms with van der Waals surface area (Å²) in [6, 6.07) is 4.75. The number of esters is 1. The van der Waals surface area contributed by atoms with Crippen LogP contribution in [0.2, 0.25) is 0 Å². The summed E-state index contributed by atoms with van der Waals surface area (Å²) < 4.78 is 4.19. The van der Waals surface area contributed by atoms with E-state index in [0.717, 1.165) is 19.2 Å². The molecule has 1 rings (SSSR count). The molecule has 0 atom stereocenters. The first-order valence-corrected chi connectivity index (χ1v) is 4.27. The third-order valence-corrected chi connectivity index (χ3v) is 1.72. The van der Waals surface area contributed by atoms with Crippen LogP contribution in [0.5, 0.6) is 5.75 Å². The van der Waals surface area contributed by atoms with Crippen molar-refractivity contribution in [2.45, 2.75) is 0 Å². The van der Waals surface area contributed by atoms with E-state index in [0.29, 0.717) is 0 Å². The van der Waals surface area contributed by atoms with Gasteiger partial charge in [-0.05, 0) is 24.3 Å². The Balaban J connectivity index is 2.92. The fourth-order valence-electron chi connectivity index (χ4n) is 0.915. The number of amides is 1. The summed E-state index contributed by atoms with van der Waals surface area (Å²) in [5.41, 5.74) is -0.383. The second-order valence-electron chi connectivity index (χ2n) is 2.82. The van der Waals surface area contributed by atoms with Crippen LogP contribution in [-0.4, -0.2) is 24.1 Å². The third-order valence-electron chi connectivity index (χ3n) is 1.72. The number of carbonyl (C=O) groups excluding carboxylic acids is 2. The molecular weight excluding hydrogens is 214 g/mol. The van der Waals surface area contributed by atoms with Crippen LogP contribution < -0.4 is 10.7 Å². The van der Waals surface area contributed by atoms with Crippen molar-refractivity contribution >= 4 is 17.6 Å². The summed E-state index contributed by atoms with van der Waals surface area (Å²) in [5.74, 6) is -2.45. The molecule has 6 nitrogen and oxygen atoms in total. The van der Waals surface area contributed by atoms with E-state index < -0.39 is 23.1 Å². The summed E-state index contributed by atoms with van der Waals surface area (Å²) in [5, 5.41) is 11.3. The van der Waals surface area contributed by atoms with Crippen LogP contribution in [0.25, 0.3) is 0 Å². The maximum atomic E-state index is 11.1. The number of anilines is 1. The lowest BCUT2D eigenvalue weighted by Gasteiger charge is -2.00. The molecule has 0 spiro atoms.